The van der Waals surface area contributed by atoms with Crippen molar-refractivity contribution in [3.05, 3.63) is 30.1 Å². The van der Waals surface area contributed by atoms with Crippen LogP contribution in [0.4, 0.5) is 5.82 Å². The summed E-state index contributed by atoms with van der Waals surface area (Å²) in [6.45, 7) is 6.49. The van der Waals surface area contributed by atoms with E-state index < -0.39 is 0 Å². The lowest BCUT2D eigenvalue weighted by Crippen LogP contribution is -2.44. The number of fused-ring (bicyclic) bond motifs is 1. The fourth-order valence-electron chi connectivity index (χ4n) is 3.80. The summed E-state index contributed by atoms with van der Waals surface area (Å²) in [7, 11) is 1.97. The molecule has 1 atom stereocenters. The van der Waals surface area contributed by atoms with Gasteiger partial charge in [0.05, 0.1) is 41.5 Å². The Hall–Kier alpha value is -2.78. The van der Waals surface area contributed by atoms with Crippen LogP contribution in [0.1, 0.15) is 12.5 Å². The second-order valence-corrected chi connectivity index (χ2v) is 7.90. The largest absolute Gasteiger partial charge is 0.377 e. The van der Waals surface area contributed by atoms with Crippen molar-refractivity contribution in [1.82, 2.24) is 29.3 Å². The van der Waals surface area contributed by atoms with Gasteiger partial charge in [-0.2, -0.15) is 14.6 Å². The van der Waals surface area contributed by atoms with E-state index in [9.17, 15) is 0 Å². The van der Waals surface area contributed by atoms with Crippen molar-refractivity contribution in [2.75, 3.05) is 24.7 Å². The van der Waals surface area contributed by atoms with Gasteiger partial charge in [-0.05, 0) is 43.1 Å². The van der Waals surface area contributed by atoms with Crippen molar-refractivity contribution in [3.63, 3.8) is 0 Å². The Morgan fingerprint density at radius 3 is 2.96 bits per heavy atom. The molecule has 28 heavy (non-hydrogen) atoms. The number of aromatic nitrogens is 6. The standard InChI is InChI=1S/C19H21N7OS/c1-11-9-21-25(3)18(11)13-8-15(26-6-7-27-10-12(26)2)22-17-16(24-28-19(13)17)14-4-5-20-23-14/h4-5,8-9,12H,6-7,10H2,1-3H3,(H,20,23)/t12-/m1/s1. The molecule has 4 aromatic heterocycles. The second kappa shape index (κ2) is 6.68. The molecule has 1 aliphatic heterocycles. The van der Waals surface area contributed by atoms with Crippen molar-refractivity contribution >= 4 is 27.6 Å². The molecule has 0 unspecified atom stereocenters. The minimum atomic E-state index is 0.265. The monoisotopic (exact) mass is 395 g/mol. The van der Waals surface area contributed by atoms with Crippen LogP contribution in [0.2, 0.25) is 0 Å². The molecule has 4 aromatic rings. The predicted molar refractivity (Wildman–Crippen MR) is 110 cm³/mol. The van der Waals surface area contributed by atoms with Crippen LogP contribution in [-0.4, -0.2) is 55.1 Å². The molecule has 0 bridgehead atoms. The minimum absolute atomic E-state index is 0.265. The maximum atomic E-state index is 5.62. The van der Waals surface area contributed by atoms with E-state index in [4.69, 9.17) is 14.1 Å². The zero-order valence-corrected chi connectivity index (χ0v) is 16.8. The Balaban J connectivity index is 1.78. The number of pyridine rings is 1. The van der Waals surface area contributed by atoms with Crippen LogP contribution in [0.3, 0.4) is 0 Å². The predicted octanol–water partition coefficient (Wildman–Crippen LogP) is 3.02. The van der Waals surface area contributed by atoms with Gasteiger partial charge in [-0.25, -0.2) is 4.98 Å². The van der Waals surface area contributed by atoms with E-state index in [1.807, 2.05) is 24.0 Å². The fourth-order valence-corrected chi connectivity index (χ4v) is 4.65. The molecule has 5 heterocycles. The van der Waals surface area contributed by atoms with E-state index in [2.05, 4.69) is 40.1 Å². The van der Waals surface area contributed by atoms with Crippen molar-refractivity contribution in [3.8, 4) is 22.6 Å². The Bertz CT molecular complexity index is 1110. The van der Waals surface area contributed by atoms with Crippen molar-refractivity contribution in [1.29, 1.82) is 0 Å². The first-order valence-corrected chi connectivity index (χ1v) is 10.0. The highest BCUT2D eigenvalue weighted by Crippen LogP contribution is 2.39. The van der Waals surface area contributed by atoms with E-state index in [1.54, 1.807) is 6.20 Å². The normalized spacial score (nSPS) is 17.5. The van der Waals surface area contributed by atoms with Gasteiger partial charge in [0.1, 0.15) is 17.0 Å². The van der Waals surface area contributed by atoms with E-state index in [-0.39, 0.29) is 6.04 Å². The van der Waals surface area contributed by atoms with Crippen LogP contribution in [-0.2, 0) is 11.8 Å². The Kier molecular flexibility index (Phi) is 4.13. The molecule has 0 amide bonds. The topological polar surface area (TPSA) is 84.8 Å². The van der Waals surface area contributed by atoms with Crippen LogP contribution < -0.4 is 4.90 Å². The lowest BCUT2D eigenvalue weighted by atomic mass is 10.1. The van der Waals surface area contributed by atoms with Gasteiger partial charge in [0.2, 0.25) is 0 Å². The molecule has 0 saturated carbocycles. The average molecular weight is 395 g/mol. The quantitative estimate of drug-likeness (QED) is 0.574. The molecule has 1 N–H and O–H groups in total. The molecule has 144 valence electrons. The number of nitrogens with zero attached hydrogens (tertiary/aromatic N) is 6. The first kappa shape index (κ1) is 17.3. The molecule has 1 aliphatic rings. The summed E-state index contributed by atoms with van der Waals surface area (Å²) in [5.74, 6) is 0.944. The summed E-state index contributed by atoms with van der Waals surface area (Å²) in [6.07, 6.45) is 3.63. The Labute approximate surface area is 166 Å². The number of hydrogen-bond acceptors (Lipinski definition) is 7. The lowest BCUT2D eigenvalue weighted by molar-refractivity contribution is 0.0986. The first-order valence-electron chi connectivity index (χ1n) is 9.27. The van der Waals surface area contributed by atoms with Gasteiger partial charge in [-0.3, -0.25) is 9.78 Å². The van der Waals surface area contributed by atoms with E-state index in [1.165, 1.54) is 11.5 Å². The summed E-state index contributed by atoms with van der Waals surface area (Å²) < 4.78 is 13.3. The SMILES string of the molecule is Cc1cnn(C)c1-c1cc(N2CCOC[C@H]2C)nc2c(-c3ccn[nH]3)nsc12. The number of nitrogens with one attached hydrogen (secondary N) is 1. The number of ether oxygens (including phenoxy) is 1. The van der Waals surface area contributed by atoms with Gasteiger partial charge < -0.3 is 9.64 Å². The maximum Gasteiger partial charge on any atom is 0.130 e. The minimum Gasteiger partial charge on any atom is -0.377 e. The van der Waals surface area contributed by atoms with Gasteiger partial charge in [-0.15, -0.1) is 0 Å². The number of anilines is 1. The molecule has 0 aliphatic carbocycles. The lowest BCUT2D eigenvalue weighted by Gasteiger charge is -2.34. The highest BCUT2D eigenvalue weighted by Gasteiger charge is 2.25. The molecule has 1 saturated heterocycles. The number of aryl methyl sites for hydroxylation is 2. The number of rotatable bonds is 3. The van der Waals surface area contributed by atoms with Crippen LogP contribution >= 0.6 is 11.5 Å². The van der Waals surface area contributed by atoms with Crippen LogP contribution in [0.25, 0.3) is 32.9 Å². The number of aromatic amines is 1. The van der Waals surface area contributed by atoms with E-state index in [0.29, 0.717) is 13.2 Å². The second-order valence-electron chi connectivity index (χ2n) is 7.12. The molecular weight excluding hydrogens is 374 g/mol. The summed E-state index contributed by atoms with van der Waals surface area (Å²) in [4.78, 5) is 7.35. The summed E-state index contributed by atoms with van der Waals surface area (Å²) >= 11 is 1.47. The summed E-state index contributed by atoms with van der Waals surface area (Å²) in [6, 6.07) is 4.36. The van der Waals surface area contributed by atoms with Crippen molar-refractivity contribution in [2.45, 2.75) is 19.9 Å². The van der Waals surface area contributed by atoms with E-state index >= 15 is 0 Å². The molecule has 0 spiro atoms. The van der Waals surface area contributed by atoms with Crippen LogP contribution in [0.5, 0.6) is 0 Å². The number of hydrogen-bond donors (Lipinski definition) is 1. The summed E-state index contributed by atoms with van der Waals surface area (Å²) in [5, 5.41) is 11.5. The van der Waals surface area contributed by atoms with Gasteiger partial charge in [0, 0.05) is 25.4 Å². The smallest absolute Gasteiger partial charge is 0.130 e. The van der Waals surface area contributed by atoms with Crippen molar-refractivity contribution in [2.24, 2.45) is 7.05 Å². The molecule has 8 nitrogen and oxygen atoms in total. The third-order valence-electron chi connectivity index (χ3n) is 5.21. The van der Waals surface area contributed by atoms with Gasteiger partial charge in [0.15, 0.2) is 0 Å². The molecule has 1 fully saturated rings. The highest BCUT2D eigenvalue weighted by atomic mass is 32.1. The number of morpholine rings is 1. The Morgan fingerprint density at radius 1 is 1.36 bits per heavy atom. The number of H-pyrrole nitrogens is 1. The zero-order chi connectivity index (χ0) is 19.3. The highest BCUT2D eigenvalue weighted by molar-refractivity contribution is 7.14. The average Bonchev–Trinajstić information content (AvgIpc) is 3.42. The van der Waals surface area contributed by atoms with E-state index in [0.717, 1.165) is 50.8 Å². The molecule has 0 aromatic carbocycles. The van der Waals surface area contributed by atoms with Gasteiger partial charge in [0.25, 0.3) is 0 Å². The maximum absolute atomic E-state index is 5.62. The van der Waals surface area contributed by atoms with Gasteiger partial charge >= 0.3 is 0 Å². The van der Waals surface area contributed by atoms with Crippen molar-refractivity contribution < 1.29 is 4.74 Å². The Morgan fingerprint density at radius 2 is 2.25 bits per heavy atom. The third kappa shape index (κ3) is 2.70. The first-order chi connectivity index (χ1) is 13.6. The van der Waals surface area contributed by atoms with Crippen LogP contribution in [0.15, 0.2) is 24.5 Å². The molecule has 9 heteroatoms. The molecule has 0 radical (unpaired) electrons. The summed E-state index contributed by atoms with van der Waals surface area (Å²) in [5.41, 5.74) is 5.93. The van der Waals surface area contributed by atoms with Crippen LogP contribution in [0, 0.1) is 6.92 Å². The van der Waals surface area contributed by atoms with Gasteiger partial charge in [-0.1, -0.05) is 0 Å². The third-order valence-corrected chi connectivity index (χ3v) is 6.08. The molecule has 5 rings (SSSR count). The zero-order valence-electron chi connectivity index (χ0n) is 16.0. The molecular formula is C19H21N7OS. The fraction of sp³-hybridized carbons (Fsp3) is 0.368.